The van der Waals surface area contributed by atoms with Gasteiger partial charge in [0, 0.05) is 25.0 Å². The predicted molar refractivity (Wildman–Crippen MR) is 110 cm³/mol. The molecule has 0 radical (unpaired) electrons. The number of alkyl halides is 2. The molecule has 0 amide bonds. The number of fused-ring (bicyclic) bond motifs is 1. The number of nitrogens with zero attached hydrogens (tertiary/aromatic N) is 4. The van der Waals surface area contributed by atoms with Gasteiger partial charge in [-0.2, -0.15) is 13.9 Å². The minimum absolute atomic E-state index is 0.0526. The highest BCUT2D eigenvalue weighted by Gasteiger charge is 2.20. The topological polar surface area (TPSA) is 111 Å². The summed E-state index contributed by atoms with van der Waals surface area (Å²) in [4.78, 5) is 8.75. The summed E-state index contributed by atoms with van der Waals surface area (Å²) >= 11 is 0. The number of rotatable bonds is 7. The fraction of sp³-hybridized carbons (Fsp3) is 0.105. The van der Waals surface area contributed by atoms with Gasteiger partial charge in [0.05, 0.1) is 17.2 Å². The molecule has 12 heteroatoms. The SMILES string of the molecule is Cn1cc(S(=O)(=O)Nc2nc3ccccc3nc2Nc2cccc(OC(F)F)c2)cn1. The molecule has 0 aliphatic rings. The summed E-state index contributed by atoms with van der Waals surface area (Å²) in [6.07, 6.45) is 2.55. The van der Waals surface area contributed by atoms with Gasteiger partial charge in [0.25, 0.3) is 10.0 Å². The van der Waals surface area contributed by atoms with Crippen molar-refractivity contribution in [1.29, 1.82) is 0 Å². The zero-order valence-corrected chi connectivity index (χ0v) is 16.8. The van der Waals surface area contributed by atoms with Crippen LogP contribution in [-0.4, -0.2) is 34.8 Å². The largest absolute Gasteiger partial charge is 0.435 e. The molecule has 0 unspecified atom stereocenters. The number of halogens is 2. The van der Waals surface area contributed by atoms with Crippen LogP contribution < -0.4 is 14.8 Å². The maximum atomic E-state index is 12.8. The first-order valence-electron chi connectivity index (χ1n) is 8.90. The van der Waals surface area contributed by atoms with E-state index in [1.807, 2.05) is 0 Å². The van der Waals surface area contributed by atoms with Gasteiger partial charge < -0.3 is 10.1 Å². The average molecular weight is 446 g/mol. The Hall–Kier alpha value is -3.80. The van der Waals surface area contributed by atoms with Crippen LogP contribution in [0.1, 0.15) is 0 Å². The van der Waals surface area contributed by atoms with Crippen LogP contribution in [0.2, 0.25) is 0 Å². The number of aryl methyl sites for hydroxylation is 1. The van der Waals surface area contributed by atoms with E-state index in [2.05, 4.69) is 29.8 Å². The van der Waals surface area contributed by atoms with Gasteiger partial charge in [-0.15, -0.1) is 0 Å². The number of hydrogen-bond acceptors (Lipinski definition) is 7. The first-order valence-corrected chi connectivity index (χ1v) is 10.4. The van der Waals surface area contributed by atoms with Crippen molar-refractivity contribution in [2.24, 2.45) is 7.05 Å². The molecule has 160 valence electrons. The highest BCUT2D eigenvalue weighted by molar-refractivity contribution is 7.92. The lowest BCUT2D eigenvalue weighted by Gasteiger charge is -2.14. The minimum atomic E-state index is -4.00. The number of sulfonamides is 1. The molecule has 0 fully saturated rings. The Bertz CT molecular complexity index is 1340. The van der Waals surface area contributed by atoms with E-state index >= 15 is 0 Å². The average Bonchev–Trinajstić information content (AvgIpc) is 3.15. The smallest absolute Gasteiger partial charge is 0.387 e. The van der Waals surface area contributed by atoms with E-state index in [1.165, 1.54) is 35.3 Å². The molecule has 0 spiro atoms. The summed E-state index contributed by atoms with van der Waals surface area (Å²) in [7, 11) is -2.41. The third-order valence-corrected chi connectivity index (χ3v) is 5.41. The Morgan fingerprint density at radius 3 is 2.39 bits per heavy atom. The van der Waals surface area contributed by atoms with Crippen LogP contribution in [0.25, 0.3) is 11.0 Å². The van der Waals surface area contributed by atoms with Crippen molar-refractivity contribution in [2.45, 2.75) is 11.5 Å². The van der Waals surface area contributed by atoms with E-state index in [4.69, 9.17) is 0 Å². The van der Waals surface area contributed by atoms with Crippen LogP contribution in [0.15, 0.2) is 65.8 Å². The Morgan fingerprint density at radius 1 is 1.03 bits per heavy atom. The lowest BCUT2D eigenvalue weighted by molar-refractivity contribution is -0.0498. The number of anilines is 3. The van der Waals surface area contributed by atoms with E-state index in [0.29, 0.717) is 16.7 Å². The van der Waals surface area contributed by atoms with Crippen molar-refractivity contribution >= 4 is 38.4 Å². The summed E-state index contributed by atoms with van der Waals surface area (Å²) < 4.78 is 58.7. The molecule has 0 saturated heterocycles. The second kappa shape index (κ2) is 8.14. The van der Waals surface area contributed by atoms with Gasteiger partial charge >= 0.3 is 6.61 Å². The summed E-state index contributed by atoms with van der Waals surface area (Å²) in [5, 5.41) is 6.78. The first kappa shape index (κ1) is 20.5. The number of benzene rings is 2. The second-order valence-electron chi connectivity index (χ2n) is 6.40. The Balaban J connectivity index is 1.74. The summed E-state index contributed by atoms with van der Waals surface area (Å²) in [5.41, 5.74) is 1.32. The van der Waals surface area contributed by atoms with Gasteiger partial charge in [0.2, 0.25) is 0 Å². The van der Waals surface area contributed by atoms with E-state index in [9.17, 15) is 17.2 Å². The van der Waals surface area contributed by atoms with Gasteiger partial charge in [0.1, 0.15) is 10.6 Å². The molecule has 2 heterocycles. The molecular weight excluding hydrogens is 430 g/mol. The molecule has 0 atom stereocenters. The molecule has 4 aromatic rings. The molecule has 2 N–H and O–H groups in total. The van der Waals surface area contributed by atoms with Crippen LogP contribution in [0.4, 0.5) is 26.1 Å². The lowest BCUT2D eigenvalue weighted by Crippen LogP contribution is -2.15. The Labute approximate surface area is 175 Å². The highest BCUT2D eigenvalue weighted by atomic mass is 32.2. The van der Waals surface area contributed by atoms with Crippen molar-refractivity contribution < 1.29 is 21.9 Å². The predicted octanol–water partition coefficient (Wildman–Crippen LogP) is 3.51. The highest BCUT2D eigenvalue weighted by Crippen LogP contribution is 2.28. The van der Waals surface area contributed by atoms with Gasteiger partial charge in [-0.1, -0.05) is 18.2 Å². The van der Waals surface area contributed by atoms with Gasteiger partial charge in [0.15, 0.2) is 11.6 Å². The molecule has 0 aliphatic carbocycles. The van der Waals surface area contributed by atoms with Crippen LogP contribution in [0.3, 0.4) is 0 Å². The van der Waals surface area contributed by atoms with Gasteiger partial charge in [-0.25, -0.2) is 18.4 Å². The third kappa shape index (κ3) is 4.69. The first-order chi connectivity index (χ1) is 14.8. The summed E-state index contributed by atoms with van der Waals surface area (Å²) in [6.45, 7) is -2.97. The van der Waals surface area contributed by atoms with Crippen molar-refractivity contribution in [1.82, 2.24) is 19.7 Å². The fourth-order valence-electron chi connectivity index (χ4n) is 2.77. The van der Waals surface area contributed by atoms with E-state index in [0.717, 1.165) is 0 Å². The van der Waals surface area contributed by atoms with Crippen LogP contribution >= 0.6 is 0 Å². The van der Waals surface area contributed by atoms with Crippen LogP contribution in [0, 0.1) is 0 Å². The molecule has 31 heavy (non-hydrogen) atoms. The zero-order chi connectivity index (χ0) is 22.0. The standard InChI is InChI=1S/C19H16F2N6O3S/c1-27-11-14(10-22-27)31(28,29)26-18-17(24-15-7-2-3-8-16(15)25-18)23-12-5-4-6-13(9-12)30-19(20)21/h2-11,19H,1H3,(H,23,24)(H,25,26). The minimum Gasteiger partial charge on any atom is -0.435 e. The molecule has 0 saturated carbocycles. The van der Waals surface area contributed by atoms with Gasteiger partial charge in [-0.05, 0) is 24.3 Å². The number of ether oxygens (including phenoxy) is 1. The van der Waals surface area contributed by atoms with Gasteiger partial charge in [-0.3, -0.25) is 9.40 Å². The second-order valence-corrected chi connectivity index (χ2v) is 8.08. The normalized spacial score (nSPS) is 11.6. The fourth-order valence-corrected chi connectivity index (χ4v) is 3.76. The van der Waals surface area contributed by atoms with E-state index in [-0.39, 0.29) is 22.3 Å². The molecule has 9 nitrogen and oxygen atoms in total. The molecule has 2 aromatic heterocycles. The number of hydrogen-bond donors (Lipinski definition) is 2. The quantitative estimate of drug-likeness (QED) is 0.447. The molecule has 0 aliphatic heterocycles. The Morgan fingerprint density at radius 2 is 1.74 bits per heavy atom. The van der Waals surface area contributed by atoms with E-state index < -0.39 is 16.6 Å². The zero-order valence-electron chi connectivity index (χ0n) is 16.0. The van der Waals surface area contributed by atoms with Crippen LogP contribution in [0.5, 0.6) is 5.75 Å². The van der Waals surface area contributed by atoms with Crippen molar-refractivity contribution in [3.05, 3.63) is 60.9 Å². The molecular formula is C19H16F2N6O3S. The van der Waals surface area contributed by atoms with Crippen LogP contribution in [-0.2, 0) is 17.1 Å². The molecule has 0 bridgehead atoms. The van der Waals surface area contributed by atoms with Crippen molar-refractivity contribution in [3.8, 4) is 5.75 Å². The summed E-state index contributed by atoms with van der Waals surface area (Å²) in [6, 6.07) is 12.7. The number of para-hydroxylation sites is 2. The van der Waals surface area contributed by atoms with Crippen molar-refractivity contribution in [2.75, 3.05) is 10.0 Å². The lowest BCUT2D eigenvalue weighted by atomic mass is 10.3. The maximum Gasteiger partial charge on any atom is 0.387 e. The molecule has 2 aromatic carbocycles. The Kier molecular flexibility index (Phi) is 5.38. The maximum absolute atomic E-state index is 12.8. The molecule has 4 rings (SSSR count). The summed E-state index contributed by atoms with van der Waals surface area (Å²) in [5.74, 6) is -0.0469. The monoisotopic (exact) mass is 446 g/mol. The number of aromatic nitrogens is 4. The van der Waals surface area contributed by atoms with E-state index in [1.54, 1.807) is 37.4 Å². The van der Waals surface area contributed by atoms with Crippen molar-refractivity contribution in [3.63, 3.8) is 0 Å². The third-order valence-electron chi connectivity index (χ3n) is 4.12. The number of nitrogens with one attached hydrogen (secondary N) is 2.